The molecule has 24 heavy (non-hydrogen) atoms. The number of halogens is 1. The van der Waals surface area contributed by atoms with Crippen LogP contribution in [0.15, 0.2) is 84.9 Å². The number of hydrogen-bond acceptors (Lipinski definition) is 2. The van der Waals surface area contributed by atoms with Crippen LogP contribution in [0.4, 0.5) is 26.2 Å². The van der Waals surface area contributed by atoms with E-state index >= 15 is 0 Å². The third kappa shape index (κ3) is 3.70. The van der Waals surface area contributed by atoms with Crippen molar-refractivity contribution in [3.63, 3.8) is 0 Å². The molecule has 0 aliphatic carbocycles. The van der Waals surface area contributed by atoms with E-state index in [9.17, 15) is 9.18 Å². The smallest absolute Gasteiger partial charge is 0.304 e. The Bertz CT molecular complexity index is 770. The molecule has 5 heteroatoms. The summed E-state index contributed by atoms with van der Waals surface area (Å²) in [6, 6.07) is 24.3. The maximum atomic E-state index is 13.7. The molecule has 120 valence electrons. The molecule has 0 saturated carbocycles. The maximum absolute atomic E-state index is 13.7. The molecular formula is C19H16FN3O. The van der Waals surface area contributed by atoms with E-state index in [0.29, 0.717) is 0 Å². The van der Waals surface area contributed by atoms with Crippen molar-refractivity contribution in [3.05, 3.63) is 90.7 Å². The van der Waals surface area contributed by atoms with Gasteiger partial charge in [-0.3, -0.25) is 5.01 Å². The second-order valence-corrected chi connectivity index (χ2v) is 5.05. The lowest BCUT2D eigenvalue weighted by Crippen LogP contribution is -2.41. The van der Waals surface area contributed by atoms with Crippen molar-refractivity contribution < 1.29 is 9.18 Å². The topological polar surface area (TPSA) is 44.4 Å². The Morgan fingerprint density at radius 3 is 1.79 bits per heavy atom. The number of anilines is 3. The minimum absolute atomic E-state index is 0.121. The molecule has 4 nitrogen and oxygen atoms in total. The minimum Gasteiger partial charge on any atom is -0.304 e. The number of amides is 2. The molecule has 2 amide bonds. The first-order chi connectivity index (χ1) is 11.7. The first-order valence-corrected chi connectivity index (χ1v) is 7.46. The lowest BCUT2D eigenvalue weighted by Gasteiger charge is -2.25. The molecule has 0 aliphatic heterocycles. The summed E-state index contributed by atoms with van der Waals surface area (Å²) in [5.74, 6) is -0.487. The molecule has 0 unspecified atom stereocenters. The van der Waals surface area contributed by atoms with Gasteiger partial charge in [0.25, 0.3) is 0 Å². The standard InChI is InChI=1S/C19H16FN3O/c20-17-13-7-8-14-18(17)21-19(24)22-23(15-9-3-1-4-10-15)16-11-5-2-6-12-16/h1-14H,(H2,21,22,24). The van der Waals surface area contributed by atoms with Crippen molar-refractivity contribution in [2.75, 3.05) is 10.3 Å². The van der Waals surface area contributed by atoms with Crippen molar-refractivity contribution in [2.45, 2.75) is 0 Å². The van der Waals surface area contributed by atoms with Gasteiger partial charge in [0, 0.05) is 0 Å². The largest absolute Gasteiger partial charge is 0.338 e. The fourth-order valence-electron chi connectivity index (χ4n) is 2.25. The van der Waals surface area contributed by atoms with E-state index in [0.717, 1.165) is 11.4 Å². The predicted molar refractivity (Wildman–Crippen MR) is 93.6 cm³/mol. The molecule has 0 aromatic heterocycles. The summed E-state index contributed by atoms with van der Waals surface area (Å²) in [6.45, 7) is 0. The van der Waals surface area contributed by atoms with Crippen LogP contribution in [0.1, 0.15) is 0 Å². The van der Waals surface area contributed by atoms with Gasteiger partial charge in [0.05, 0.1) is 17.1 Å². The number of rotatable bonds is 4. The zero-order valence-electron chi connectivity index (χ0n) is 12.8. The lowest BCUT2D eigenvalue weighted by atomic mass is 10.2. The number of benzene rings is 3. The summed E-state index contributed by atoms with van der Waals surface area (Å²) < 4.78 is 13.7. The number of para-hydroxylation sites is 3. The molecular weight excluding hydrogens is 305 g/mol. The Labute approximate surface area is 139 Å². The number of nitrogens with one attached hydrogen (secondary N) is 2. The van der Waals surface area contributed by atoms with Crippen molar-refractivity contribution in [1.29, 1.82) is 0 Å². The van der Waals surface area contributed by atoms with Crippen LogP contribution in [0.5, 0.6) is 0 Å². The van der Waals surface area contributed by atoms with E-state index in [-0.39, 0.29) is 5.69 Å². The number of carbonyl (C=O) groups is 1. The van der Waals surface area contributed by atoms with Gasteiger partial charge >= 0.3 is 6.03 Å². The summed E-state index contributed by atoms with van der Waals surface area (Å²) in [5.41, 5.74) is 4.43. The molecule has 0 atom stereocenters. The molecule has 0 radical (unpaired) electrons. The quantitative estimate of drug-likeness (QED) is 0.684. The molecule has 0 fully saturated rings. The van der Waals surface area contributed by atoms with Gasteiger partial charge in [-0.25, -0.2) is 14.6 Å². The monoisotopic (exact) mass is 321 g/mol. The Hall–Kier alpha value is -3.34. The van der Waals surface area contributed by atoms with Crippen LogP contribution in [-0.4, -0.2) is 6.03 Å². The molecule has 3 aromatic rings. The minimum atomic E-state index is -0.534. The molecule has 0 saturated heterocycles. The highest BCUT2D eigenvalue weighted by molar-refractivity contribution is 5.91. The number of hydrogen-bond donors (Lipinski definition) is 2. The SMILES string of the molecule is O=C(Nc1ccccc1F)NN(c1ccccc1)c1ccccc1. The lowest BCUT2D eigenvalue weighted by molar-refractivity contribution is 0.252. The first kappa shape index (κ1) is 15.6. The Balaban J connectivity index is 1.82. The van der Waals surface area contributed by atoms with Crippen LogP contribution >= 0.6 is 0 Å². The number of hydrazine groups is 1. The summed E-state index contributed by atoms with van der Waals surface area (Å²) in [5, 5.41) is 4.15. The van der Waals surface area contributed by atoms with E-state index in [4.69, 9.17) is 0 Å². The second kappa shape index (κ2) is 7.28. The highest BCUT2D eigenvalue weighted by Gasteiger charge is 2.13. The Kier molecular flexibility index (Phi) is 4.72. The van der Waals surface area contributed by atoms with E-state index in [1.165, 1.54) is 12.1 Å². The van der Waals surface area contributed by atoms with E-state index < -0.39 is 11.8 Å². The van der Waals surface area contributed by atoms with Crippen LogP contribution in [0.25, 0.3) is 0 Å². The van der Waals surface area contributed by atoms with Gasteiger partial charge in [-0.15, -0.1) is 0 Å². The van der Waals surface area contributed by atoms with Gasteiger partial charge in [-0.05, 0) is 36.4 Å². The summed E-state index contributed by atoms with van der Waals surface area (Å²) in [6.07, 6.45) is 0. The molecule has 2 N–H and O–H groups in total. The first-order valence-electron chi connectivity index (χ1n) is 7.46. The van der Waals surface area contributed by atoms with E-state index in [1.807, 2.05) is 60.7 Å². The van der Waals surface area contributed by atoms with E-state index in [1.54, 1.807) is 17.1 Å². The molecule has 0 heterocycles. The Morgan fingerprint density at radius 2 is 1.25 bits per heavy atom. The van der Waals surface area contributed by atoms with Crippen LogP contribution < -0.4 is 15.8 Å². The van der Waals surface area contributed by atoms with Crippen molar-refractivity contribution in [1.82, 2.24) is 5.43 Å². The summed E-state index contributed by atoms with van der Waals surface area (Å²) in [7, 11) is 0. The summed E-state index contributed by atoms with van der Waals surface area (Å²) in [4.78, 5) is 12.3. The Morgan fingerprint density at radius 1 is 0.750 bits per heavy atom. The molecule has 3 aromatic carbocycles. The molecule has 0 spiro atoms. The predicted octanol–water partition coefficient (Wildman–Crippen LogP) is 4.70. The zero-order valence-corrected chi connectivity index (χ0v) is 12.8. The fraction of sp³-hybridized carbons (Fsp3) is 0. The number of urea groups is 1. The van der Waals surface area contributed by atoms with Crippen molar-refractivity contribution >= 4 is 23.1 Å². The zero-order chi connectivity index (χ0) is 16.8. The van der Waals surface area contributed by atoms with Crippen molar-refractivity contribution in [3.8, 4) is 0 Å². The van der Waals surface area contributed by atoms with Gasteiger partial charge < -0.3 is 5.32 Å². The highest BCUT2D eigenvalue weighted by Crippen LogP contribution is 2.22. The van der Waals surface area contributed by atoms with Crippen LogP contribution in [0, 0.1) is 5.82 Å². The van der Waals surface area contributed by atoms with Gasteiger partial charge in [0.1, 0.15) is 5.82 Å². The van der Waals surface area contributed by atoms with Gasteiger partial charge in [-0.1, -0.05) is 48.5 Å². The highest BCUT2D eigenvalue weighted by atomic mass is 19.1. The van der Waals surface area contributed by atoms with Crippen molar-refractivity contribution in [2.24, 2.45) is 0 Å². The molecule has 3 rings (SSSR count). The fourth-order valence-corrected chi connectivity index (χ4v) is 2.25. The van der Waals surface area contributed by atoms with Crippen LogP contribution in [0.2, 0.25) is 0 Å². The van der Waals surface area contributed by atoms with Crippen LogP contribution in [0.3, 0.4) is 0 Å². The average molecular weight is 321 g/mol. The van der Waals surface area contributed by atoms with E-state index in [2.05, 4.69) is 10.7 Å². The third-order valence-electron chi connectivity index (χ3n) is 3.36. The summed E-state index contributed by atoms with van der Waals surface area (Å²) >= 11 is 0. The van der Waals surface area contributed by atoms with Crippen LogP contribution in [-0.2, 0) is 0 Å². The average Bonchev–Trinajstić information content (AvgIpc) is 2.63. The van der Waals surface area contributed by atoms with Gasteiger partial charge in [0.2, 0.25) is 0 Å². The van der Waals surface area contributed by atoms with Gasteiger partial charge in [0.15, 0.2) is 0 Å². The normalized spacial score (nSPS) is 10.0. The second-order valence-electron chi connectivity index (χ2n) is 5.05. The molecule has 0 bridgehead atoms. The maximum Gasteiger partial charge on any atom is 0.338 e. The number of nitrogens with zero attached hydrogens (tertiary/aromatic N) is 1. The number of carbonyl (C=O) groups excluding carboxylic acids is 1. The van der Waals surface area contributed by atoms with Gasteiger partial charge in [-0.2, -0.15) is 0 Å². The molecule has 0 aliphatic rings. The third-order valence-corrected chi connectivity index (χ3v) is 3.36.